The largest absolute Gasteiger partial charge is 0.397 e. The highest BCUT2D eigenvalue weighted by Crippen LogP contribution is 2.27. The van der Waals surface area contributed by atoms with Gasteiger partial charge in [0.05, 0.1) is 21.8 Å². The Labute approximate surface area is 111 Å². The maximum Gasteiger partial charge on any atom is 0.227 e. The lowest BCUT2D eigenvalue weighted by Gasteiger charge is -2.24. The second-order valence-electron chi connectivity index (χ2n) is 4.67. The van der Waals surface area contributed by atoms with Crippen molar-refractivity contribution < 1.29 is 9.18 Å². The Morgan fingerprint density at radius 3 is 2.67 bits per heavy atom. The quantitative estimate of drug-likeness (QED) is 0.737. The Morgan fingerprint density at radius 2 is 2.11 bits per heavy atom. The average molecular weight is 274 g/mol. The van der Waals surface area contributed by atoms with Crippen LogP contribution in [0.3, 0.4) is 0 Å². The lowest BCUT2D eigenvalue weighted by atomic mass is 9.92. The Kier molecular flexibility index (Phi) is 4.40. The van der Waals surface area contributed by atoms with Gasteiger partial charge in [0.1, 0.15) is 5.82 Å². The van der Waals surface area contributed by atoms with Gasteiger partial charge in [-0.1, -0.05) is 11.6 Å². The van der Waals surface area contributed by atoms with Gasteiger partial charge in [-0.05, 0) is 19.9 Å². The van der Waals surface area contributed by atoms with E-state index in [1.165, 1.54) is 6.07 Å². The summed E-state index contributed by atoms with van der Waals surface area (Å²) in [5, 5.41) is 5.57. The van der Waals surface area contributed by atoms with Gasteiger partial charge in [-0.25, -0.2) is 4.39 Å². The zero-order valence-corrected chi connectivity index (χ0v) is 11.4. The Morgan fingerprint density at radius 1 is 1.50 bits per heavy atom. The van der Waals surface area contributed by atoms with Gasteiger partial charge in [0.25, 0.3) is 0 Å². The fraction of sp³-hybridized carbons (Fsp3) is 0.417. The third kappa shape index (κ3) is 3.26. The molecule has 0 spiro atoms. The molecule has 0 aliphatic rings. The molecular formula is C12H17ClFN3O. The monoisotopic (exact) mass is 273 g/mol. The molecule has 100 valence electrons. The zero-order chi connectivity index (χ0) is 13.9. The van der Waals surface area contributed by atoms with Crippen molar-refractivity contribution in [2.75, 3.05) is 24.6 Å². The van der Waals surface area contributed by atoms with Gasteiger partial charge in [0.2, 0.25) is 5.91 Å². The standard InChI is InChI=1S/C12H17ClFN3O/c1-12(2,11(18)16-3)6-17-10-4-7(13)8(14)5-9(10)15/h4-5,17H,6,15H2,1-3H3,(H,16,18). The minimum Gasteiger partial charge on any atom is -0.397 e. The molecule has 1 aromatic carbocycles. The maximum absolute atomic E-state index is 13.1. The van der Waals surface area contributed by atoms with Crippen molar-refractivity contribution in [1.29, 1.82) is 0 Å². The summed E-state index contributed by atoms with van der Waals surface area (Å²) in [6, 6.07) is 2.56. The highest BCUT2D eigenvalue weighted by atomic mass is 35.5. The van der Waals surface area contributed by atoms with Gasteiger partial charge in [0.15, 0.2) is 0 Å². The Hall–Kier alpha value is -1.49. The molecule has 6 heteroatoms. The number of hydrogen-bond donors (Lipinski definition) is 3. The van der Waals surface area contributed by atoms with Gasteiger partial charge in [-0.2, -0.15) is 0 Å². The predicted octanol–water partition coefficient (Wildman–Crippen LogP) is 2.25. The van der Waals surface area contributed by atoms with Crippen LogP contribution in [0.1, 0.15) is 13.8 Å². The van der Waals surface area contributed by atoms with Crippen LogP contribution >= 0.6 is 11.6 Å². The first-order chi connectivity index (χ1) is 8.27. The second kappa shape index (κ2) is 5.44. The number of benzene rings is 1. The SMILES string of the molecule is CNC(=O)C(C)(C)CNc1cc(Cl)c(F)cc1N. The minimum absolute atomic E-state index is 0.00977. The van der Waals surface area contributed by atoms with Crippen LogP contribution in [0, 0.1) is 11.2 Å². The molecule has 4 nitrogen and oxygen atoms in total. The number of amides is 1. The van der Waals surface area contributed by atoms with Gasteiger partial charge in [-0.15, -0.1) is 0 Å². The molecule has 0 bridgehead atoms. The number of nitrogens with two attached hydrogens (primary N) is 1. The first kappa shape index (κ1) is 14.6. The summed E-state index contributed by atoms with van der Waals surface area (Å²) in [5.41, 5.74) is 5.82. The van der Waals surface area contributed by atoms with Crippen molar-refractivity contribution in [3.63, 3.8) is 0 Å². The summed E-state index contributed by atoms with van der Waals surface area (Å²) in [6.45, 7) is 3.94. The van der Waals surface area contributed by atoms with E-state index < -0.39 is 11.2 Å². The lowest BCUT2D eigenvalue weighted by Crippen LogP contribution is -2.39. The third-order valence-corrected chi connectivity index (χ3v) is 2.94. The molecule has 1 aromatic rings. The third-order valence-electron chi connectivity index (χ3n) is 2.65. The molecule has 0 aliphatic carbocycles. The number of carbonyl (C=O) groups excluding carboxylic acids is 1. The van der Waals surface area contributed by atoms with Gasteiger partial charge < -0.3 is 16.4 Å². The lowest BCUT2D eigenvalue weighted by molar-refractivity contribution is -0.128. The van der Waals surface area contributed by atoms with Gasteiger partial charge >= 0.3 is 0 Å². The van der Waals surface area contributed by atoms with Crippen LogP contribution in [-0.4, -0.2) is 19.5 Å². The summed E-state index contributed by atoms with van der Waals surface area (Å²) < 4.78 is 13.1. The summed E-state index contributed by atoms with van der Waals surface area (Å²) in [5.74, 6) is -0.660. The highest BCUT2D eigenvalue weighted by molar-refractivity contribution is 6.31. The van der Waals surface area contributed by atoms with Gasteiger partial charge in [0, 0.05) is 19.7 Å². The van der Waals surface area contributed by atoms with E-state index in [1.807, 2.05) is 0 Å². The number of anilines is 2. The van der Waals surface area contributed by atoms with E-state index >= 15 is 0 Å². The zero-order valence-electron chi connectivity index (χ0n) is 10.6. The fourth-order valence-electron chi connectivity index (χ4n) is 1.45. The molecule has 0 radical (unpaired) electrons. The molecule has 0 aliphatic heterocycles. The summed E-state index contributed by atoms with van der Waals surface area (Å²) in [4.78, 5) is 11.6. The van der Waals surface area contributed by atoms with E-state index in [0.717, 1.165) is 6.07 Å². The van der Waals surface area contributed by atoms with Crippen molar-refractivity contribution in [3.05, 3.63) is 23.0 Å². The smallest absolute Gasteiger partial charge is 0.227 e. The predicted molar refractivity (Wildman–Crippen MR) is 72.2 cm³/mol. The summed E-state index contributed by atoms with van der Waals surface area (Å²) >= 11 is 5.68. The molecule has 1 rings (SSSR count). The van der Waals surface area contributed by atoms with Crippen molar-refractivity contribution in [2.45, 2.75) is 13.8 Å². The van der Waals surface area contributed by atoms with Crippen molar-refractivity contribution in [1.82, 2.24) is 5.32 Å². The minimum atomic E-state index is -0.609. The molecular weight excluding hydrogens is 257 g/mol. The molecule has 4 N–H and O–H groups in total. The van der Waals surface area contributed by atoms with Crippen molar-refractivity contribution in [3.8, 4) is 0 Å². The number of rotatable bonds is 4. The first-order valence-corrected chi connectivity index (χ1v) is 5.86. The average Bonchev–Trinajstić information content (AvgIpc) is 2.31. The van der Waals surface area contributed by atoms with Crippen LogP contribution in [0.5, 0.6) is 0 Å². The van der Waals surface area contributed by atoms with Crippen LogP contribution < -0.4 is 16.4 Å². The summed E-state index contributed by atoms with van der Waals surface area (Å²) in [7, 11) is 1.58. The highest BCUT2D eigenvalue weighted by Gasteiger charge is 2.26. The molecule has 0 fully saturated rings. The van der Waals surface area contributed by atoms with E-state index in [2.05, 4.69) is 10.6 Å². The van der Waals surface area contributed by atoms with E-state index in [9.17, 15) is 9.18 Å². The first-order valence-electron chi connectivity index (χ1n) is 5.48. The molecule has 0 atom stereocenters. The topological polar surface area (TPSA) is 67.2 Å². The number of nitrogen functional groups attached to an aromatic ring is 1. The molecule has 0 unspecified atom stereocenters. The van der Waals surface area contributed by atoms with Crippen LogP contribution in [0.4, 0.5) is 15.8 Å². The number of carbonyl (C=O) groups is 1. The van der Waals surface area contributed by atoms with Gasteiger partial charge in [-0.3, -0.25) is 4.79 Å². The maximum atomic E-state index is 13.1. The molecule has 0 heterocycles. The second-order valence-corrected chi connectivity index (χ2v) is 5.08. The number of nitrogens with one attached hydrogen (secondary N) is 2. The van der Waals surface area contributed by atoms with E-state index in [1.54, 1.807) is 20.9 Å². The van der Waals surface area contributed by atoms with E-state index in [0.29, 0.717) is 12.2 Å². The van der Waals surface area contributed by atoms with Crippen molar-refractivity contribution >= 4 is 28.9 Å². The van der Waals surface area contributed by atoms with Crippen LogP contribution in [0.2, 0.25) is 5.02 Å². The molecule has 0 saturated carbocycles. The molecule has 0 aromatic heterocycles. The van der Waals surface area contributed by atoms with Crippen LogP contribution in [-0.2, 0) is 4.79 Å². The van der Waals surface area contributed by atoms with Crippen LogP contribution in [0.15, 0.2) is 12.1 Å². The molecule has 18 heavy (non-hydrogen) atoms. The number of halogens is 2. The normalized spacial score (nSPS) is 11.2. The van der Waals surface area contributed by atoms with E-state index in [-0.39, 0.29) is 16.6 Å². The number of hydrogen-bond acceptors (Lipinski definition) is 3. The summed E-state index contributed by atoms with van der Waals surface area (Å²) in [6.07, 6.45) is 0. The Balaban J connectivity index is 2.81. The molecule has 0 saturated heterocycles. The van der Waals surface area contributed by atoms with Crippen molar-refractivity contribution in [2.24, 2.45) is 5.41 Å². The van der Waals surface area contributed by atoms with E-state index in [4.69, 9.17) is 17.3 Å². The fourth-order valence-corrected chi connectivity index (χ4v) is 1.61. The van der Waals surface area contributed by atoms with Crippen LogP contribution in [0.25, 0.3) is 0 Å². The molecule has 1 amide bonds. The Bertz CT molecular complexity index is 463.